The number of aromatic nitrogens is 2. The van der Waals surface area contributed by atoms with E-state index in [9.17, 15) is 30.8 Å². The standard InChI is InChI=1S/C25H21F4N3O3S/c1-24(2,23(33)31-36(34,35)25(27,28)29)22(16-6-4-3-5-7-16)17-8-13-21-18(14-17)15-30-32(21)20-11-9-19(26)10-12-20/h3-15,22H,1-2H3,(H,31,33). The molecule has 0 aliphatic rings. The molecule has 4 rings (SSSR count). The molecule has 1 unspecified atom stereocenters. The molecule has 0 fully saturated rings. The first kappa shape index (κ1) is 25.4. The van der Waals surface area contributed by atoms with Gasteiger partial charge in [0.25, 0.3) is 0 Å². The van der Waals surface area contributed by atoms with Crippen LogP contribution in [0.25, 0.3) is 16.6 Å². The summed E-state index contributed by atoms with van der Waals surface area (Å²) in [6.07, 6.45) is 1.57. The molecule has 0 saturated carbocycles. The van der Waals surface area contributed by atoms with Gasteiger partial charge in [0, 0.05) is 11.3 Å². The minimum atomic E-state index is -5.88. The van der Waals surface area contributed by atoms with Crippen molar-refractivity contribution in [1.29, 1.82) is 0 Å². The Morgan fingerprint density at radius 2 is 1.58 bits per heavy atom. The molecule has 1 heterocycles. The molecule has 1 aromatic heterocycles. The van der Waals surface area contributed by atoms with Crippen LogP contribution in [-0.4, -0.2) is 29.6 Å². The lowest BCUT2D eigenvalue weighted by atomic mass is 9.70. The van der Waals surface area contributed by atoms with E-state index < -0.39 is 38.6 Å². The molecular formula is C25H21F4N3O3S. The molecule has 1 atom stereocenters. The van der Waals surface area contributed by atoms with Crippen molar-refractivity contribution >= 4 is 26.8 Å². The highest BCUT2D eigenvalue weighted by Gasteiger charge is 2.50. The van der Waals surface area contributed by atoms with Gasteiger partial charge in [-0.25, -0.2) is 13.8 Å². The highest BCUT2D eigenvalue weighted by molar-refractivity contribution is 7.90. The Hall–Kier alpha value is -3.73. The zero-order valence-electron chi connectivity index (χ0n) is 19.1. The second-order valence-corrected chi connectivity index (χ2v) is 10.5. The van der Waals surface area contributed by atoms with E-state index in [1.54, 1.807) is 71.5 Å². The molecule has 0 aliphatic heterocycles. The van der Waals surface area contributed by atoms with E-state index in [1.807, 2.05) is 0 Å². The fourth-order valence-corrected chi connectivity index (χ4v) is 4.76. The highest BCUT2D eigenvalue weighted by atomic mass is 32.2. The molecule has 0 radical (unpaired) electrons. The van der Waals surface area contributed by atoms with Crippen LogP contribution in [0.4, 0.5) is 17.6 Å². The minimum Gasteiger partial charge on any atom is -0.273 e. The molecule has 36 heavy (non-hydrogen) atoms. The molecule has 0 aliphatic carbocycles. The fraction of sp³-hybridized carbons (Fsp3) is 0.200. The van der Waals surface area contributed by atoms with Crippen molar-refractivity contribution in [2.75, 3.05) is 0 Å². The van der Waals surface area contributed by atoms with Crippen molar-refractivity contribution in [1.82, 2.24) is 14.5 Å². The maximum absolute atomic E-state index is 13.3. The van der Waals surface area contributed by atoms with Gasteiger partial charge in [-0.3, -0.25) is 4.79 Å². The van der Waals surface area contributed by atoms with Crippen LogP contribution >= 0.6 is 0 Å². The summed E-state index contributed by atoms with van der Waals surface area (Å²) < 4.78 is 78.2. The Morgan fingerprint density at radius 3 is 2.19 bits per heavy atom. The Kier molecular flexibility index (Phi) is 6.38. The first-order valence-corrected chi connectivity index (χ1v) is 12.2. The number of nitrogens with zero attached hydrogens (tertiary/aromatic N) is 2. The zero-order valence-corrected chi connectivity index (χ0v) is 19.9. The number of carbonyl (C=O) groups is 1. The number of fused-ring (bicyclic) bond motifs is 1. The third-order valence-electron chi connectivity index (χ3n) is 5.97. The molecule has 0 bridgehead atoms. The summed E-state index contributed by atoms with van der Waals surface area (Å²) in [6, 6.07) is 19.5. The first-order valence-electron chi connectivity index (χ1n) is 10.7. The summed E-state index contributed by atoms with van der Waals surface area (Å²) in [5.41, 5.74) is -4.77. The third-order valence-corrected chi connectivity index (χ3v) is 7.03. The molecule has 1 amide bonds. The van der Waals surface area contributed by atoms with Crippen LogP contribution in [0.1, 0.15) is 30.9 Å². The van der Waals surface area contributed by atoms with E-state index in [0.29, 0.717) is 27.7 Å². The normalized spacial score (nSPS) is 13.5. The van der Waals surface area contributed by atoms with Crippen LogP contribution in [0.2, 0.25) is 0 Å². The summed E-state index contributed by atoms with van der Waals surface area (Å²) in [5, 5.41) is 5.02. The van der Waals surface area contributed by atoms with Crippen LogP contribution < -0.4 is 4.72 Å². The average molecular weight is 520 g/mol. The summed E-state index contributed by atoms with van der Waals surface area (Å²) in [5.74, 6) is -2.49. The number of halogens is 4. The number of alkyl halides is 3. The largest absolute Gasteiger partial charge is 0.516 e. The van der Waals surface area contributed by atoms with Gasteiger partial charge in [-0.05, 0) is 47.5 Å². The van der Waals surface area contributed by atoms with Crippen LogP contribution in [0, 0.1) is 11.2 Å². The minimum absolute atomic E-state index is 0.392. The first-order chi connectivity index (χ1) is 16.8. The number of carbonyl (C=O) groups excluding carboxylic acids is 1. The number of nitrogens with one attached hydrogen (secondary N) is 1. The summed E-state index contributed by atoms with van der Waals surface area (Å²) in [6.45, 7) is 2.77. The predicted octanol–water partition coefficient (Wildman–Crippen LogP) is 5.29. The van der Waals surface area contributed by atoms with E-state index in [2.05, 4.69) is 5.10 Å². The second-order valence-electron chi connectivity index (χ2n) is 8.80. The number of amides is 1. The van der Waals surface area contributed by atoms with Crippen molar-refractivity contribution < 1.29 is 30.8 Å². The maximum Gasteiger partial charge on any atom is 0.516 e. The van der Waals surface area contributed by atoms with Crippen molar-refractivity contribution in [3.63, 3.8) is 0 Å². The van der Waals surface area contributed by atoms with E-state index in [1.165, 1.54) is 30.7 Å². The van der Waals surface area contributed by atoms with Gasteiger partial charge in [0.05, 0.1) is 22.8 Å². The van der Waals surface area contributed by atoms with Gasteiger partial charge in [0.15, 0.2) is 0 Å². The topological polar surface area (TPSA) is 81.1 Å². The fourth-order valence-electron chi connectivity index (χ4n) is 4.13. The van der Waals surface area contributed by atoms with Gasteiger partial charge < -0.3 is 0 Å². The lowest BCUT2D eigenvalue weighted by molar-refractivity contribution is -0.128. The molecule has 11 heteroatoms. The molecular weight excluding hydrogens is 498 g/mol. The van der Waals surface area contributed by atoms with Crippen LogP contribution in [0.5, 0.6) is 0 Å². The molecule has 3 aromatic carbocycles. The molecule has 0 saturated heterocycles. The van der Waals surface area contributed by atoms with Gasteiger partial charge in [-0.1, -0.05) is 50.2 Å². The van der Waals surface area contributed by atoms with Crippen LogP contribution in [0.3, 0.4) is 0 Å². The van der Waals surface area contributed by atoms with Crippen molar-refractivity contribution in [3.8, 4) is 5.69 Å². The Morgan fingerprint density at radius 1 is 0.944 bits per heavy atom. The molecule has 0 spiro atoms. The van der Waals surface area contributed by atoms with E-state index in [0.717, 1.165) is 0 Å². The predicted molar refractivity (Wildman–Crippen MR) is 126 cm³/mol. The number of benzene rings is 3. The molecule has 1 N–H and O–H groups in total. The quantitative estimate of drug-likeness (QED) is 0.351. The maximum atomic E-state index is 13.3. The van der Waals surface area contributed by atoms with Gasteiger partial charge in [-0.15, -0.1) is 0 Å². The summed E-state index contributed by atoms with van der Waals surface area (Å²) >= 11 is 0. The molecule has 6 nitrogen and oxygen atoms in total. The number of rotatable bonds is 6. The third kappa shape index (κ3) is 4.70. The Balaban J connectivity index is 1.79. The van der Waals surface area contributed by atoms with E-state index in [-0.39, 0.29) is 0 Å². The SMILES string of the molecule is CC(C)(C(=O)NS(=O)(=O)C(F)(F)F)C(c1ccccc1)c1ccc2c(cnn2-c2ccc(F)cc2)c1. The van der Waals surface area contributed by atoms with E-state index in [4.69, 9.17) is 0 Å². The lowest BCUT2D eigenvalue weighted by Crippen LogP contribution is -2.48. The lowest BCUT2D eigenvalue weighted by Gasteiger charge is -2.34. The molecule has 188 valence electrons. The molecule has 4 aromatic rings. The van der Waals surface area contributed by atoms with Crippen molar-refractivity contribution in [2.24, 2.45) is 5.41 Å². The number of hydrogen-bond acceptors (Lipinski definition) is 4. The van der Waals surface area contributed by atoms with Crippen molar-refractivity contribution in [3.05, 3.63) is 95.9 Å². The van der Waals surface area contributed by atoms with Crippen LogP contribution in [0.15, 0.2) is 79.0 Å². The number of sulfonamides is 1. The zero-order chi connectivity index (χ0) is 26.3. The van der Waals surface area contributed by atoms with E-state index >= 15 is 0 Å². The van der Waals surface area contributed by atoms with Gasteiger partial charge in [0.1, 0.15) is 5.82 Å². The second kappa shape index (κ2) is 9.05. The summed E-state index contributed by atoms with van der Waals surface area (Å²) in [4.78, 5) is 13.0. The summed E-state index contributed by atoms with van der Waals surface area (Å²) in [7, 11) is -5.88. The highest BCUT2D eigenvalue weighted by Crippen LogP contribution is 2.42. The van der Waals surface area contributed by atoms with Gasteiger partial charge in [0.2, 0.25) is 5.91 Å². The van der Waals surface area contributed by atoms with Crippen molar-refractivity contribution in [2.45, 2.75) is 25.3 Å². The Bertz CT molecular complexity index is 1510. The number of hydrogen-bond donors (Lipinski definition) is 1. The average Bonchev–Trinajstić information content (AvgIpc) is 3.22. The van der Waals surface area contributed by atoms with Gasteiger partial charge in [-0.2, -0.15) is 26.7 Å². The van der Waals surface area contributed by atoms with Crippen LogP contribution in [-0.2, 0) is 14.8 Å². The Labute approximate surface area is 204 Å². The monoisotopic (exact) mass is 519 g/mol. The smallest absolute Gasteiger partial charge is 0.273 e. The van der Waals surface area contributed by atoms with Gasteiger partial charge >= 0.3 is 15.5 Å².